The molecule has 0 aliphatic carbocycles. The number of hydrogen-bond donors (Lipinski definition) is 1. The Hall–Kier alpha value is -2.94. The Morgan fingerprint density at radius 3 is 2.33 bits per heavy atom. The Kier molecular flexibility index (Phi) is 6.97. The van der Waals surface area contributed by atoms with Gasteiger partial charge >= 0.3 is 0 Å². The molecule has 0 bridgehead atoms. The lowest BCUT2D eigenvalue weighted by atomic mass is 9.91. The molecule has 3 aromatic rings. The summed E-state index contributed by atoms with van der Waals surface area (Å²) in [5, 5.41) is 0. The van der Waals surface area contributed by atoms with Crippen LogP contribution in [0.15, 0.2) is 71.6 Å². The first-order valence-electron chi connectivity index (χ1n) is 10.7. The van der Waals surface area contributed by atoms with Crippen LogP contribution < -0.4 is 14.2 Å². The van der Waals surface area contributed by atoms with Gasteiger partial charge < -0.3 is 9.47 Å². The first kappa shape index (κ1) is 23.2. The Labute approximate surface area is 194 Å². The van der Waals surface area contributed by atoms with Gasteiger partial charge in [0, 0.05) is 25.7 Å². The fraction of sp³-hybridized carbons (Fsp3) is 0.280. The van der Waals surface area contributed by atoms with Gasteiger partial charge in [0.25, 0.3) is 0 Å². The van der Waals surface area contributed by atoms with Crippen molar-refractivity contribution >= 4 is 10.0 Å². The molecule has 0 saturated carbocycles. The van der Waals surface area contributed by atoms with E-state index in [0.29, 0.717) is 18.0 Å². The van der Waals surface area contributed by atoms with Gasteiger partial charge in [0.2, 0.25) is 10.0 Å². The summed E-state index contributed by atoms with van der Waals surface area (Å²) in [6.07, 6.45) is 0.777. The lowest BCUT2D eigenvalue weighted by Crippen LogP contribution is -2.41. The molecule has 174 valence electrons. The lowest BCUT2D eigenvalue weighted by molar-refractivity contribution is 0.176. The molecule has 0 fully saturated rings. The Bertz CT molecular complexity index is 1200. The van der Waals surface area contributed by atoms with Crippen molar-refractivity contribution in [1.29, 1.82) is 0 Å². The highest BCUT2D eigenvalue weighted by Crippen LogP contribution is 2.38. The highest BCUT2D eigenvalue weighted by molar-refractivity contribution is 7.89. The average molecular weight is 471 g/mol. The van der Waals surface area contributed by atoms with Gasteiger partial charge in [0.05, 0.1) is 19.1 Å². The van der Waals surface area contributed by atoms with Gasteiger partial charge in [0.1, 0.15) is 5.82 Å². The number of benzene rings is 3. The Morgan fingerprint density at radius 1 is 1.00 bits per heavy atom. The van der Waals surface area contributed by atoms with E-state index in [4.69, 9.17) is 9.47 Å². The zero-order valence-corrected chi connectivity index (χ0v) is 19.4. The van der Waals surface area contributed by atoms with E-state index in [0.717, 1.165) is 29.7 Å². The van der Waals surface area contributed by atoms with E-state index in [1.54, 1.807) is 56.7 Å². The molecule has 1 unspecified atom stereocenters. The summed E-state index contributed by atoms with van der Waals surface area (Å²) in [5.41, 5.74) is 3.03. The molecule has 1 N–H and O–H groups in total. The fourth-order valence-corrected chi connectivity index (χ4v) is 5.26. The number of fused-ring (bicyclic) bond motifs is 1. The van der Waals surface area contributed by atoms with Gasteiger partial charge in [-0.15, -0.1) is 0 Å². The monoisotopic (exact) mass is 470 g/mol. The minimum absolute atomic E-state index is 0.181. The van der Waals surface area contributed by atoms with E-state index in [-0.39, 0.29) is 23.3 Å². The van der Waals surface area contributed by atoms with Crippen LogP contribution in [0.5, 0.6) is 11.5 Å². The van der Waals surface area contributed by atoms with E-state index in [2.05, 4.69) is 9.62 Å². The largest absolute Gasteiger partial charge is 0.493 e. The highest BCUT2D eigenvalue weighted by Gasteiger charge is 2.30. The molecule has 0 aromatic heterocycles. The molecule has 0 spiro atoms. The average Bonchev–Trinajstić information content (AvgIpc) is 2.84. The highest BCUT2D eigenvalue weighted by atomic mass is 32.2. The third-order valence-corrected chi connectivity index (χ3v) is 7.37. The van der Waals surface area contributed by atoms with E-state index < -0.39 is 10.0 Å². The first-order valence-corrected chi connectivity index (χ1v) is 12.2. The van der Waals surface area contributed by atoms with Gasteiger partial charge in [-0.2, -0.15) is 0 Å². The predicted molar refractivity (Wildman–Crippen MR) is 124 cm³/mol. The molecule has 0 radical (unpaired) electrons. The molecule has 0 amide bonds. The predicted octanol–water partition coefficient (Wildman–Crippen LogP) is 3.92. The van der Waals surface area contributed by atoms with Crippen LogP contribution in [0.25, 0.3) is 0 Å². The third kappa shape index (κ3) is 5.19. The minimum Gasteiger partial charge on any atom is -0.493 e. The van der Waals surface area contributed by atoms with Crippen LogP contribution in [0.2, 0.25) is 0 Å². The molecule has 8 heteroatoms. The topological polar surface area (TPSA) is 67.9 Å². The van der Waals surface area contributed by atoms with E-state index in [1.807, 2.05) is 12.1 Å². The van der Waals surface area contributed by atoms with Crippen molar-refractivity contribution in [2.45, 2.75) is 23.9 Å². The van der Waals surface area contributed by atoms with Crippen molar-refractivity contribution in [2.75, 3.05) is 27.3 Å². The van der Waals surface area contributed by atoms with Crippen LogP contribution >= 0.6 is 0 Å². The quantitative estimate of drug-likeness (QED) is 0.541. The van der Waals surface area contributed by atoms with E-state index >= 15 is 0 Å². The molecule has 0 saturated heterocycles. The van der Waals surface area contributed by atoms with Gasteiger partial charge in [0.15, 0.2) is 11.5 Å². The number of ether oxygens (including phenoxy) is 2. The van der Waals surface area contributed by atoms with E-state index in [1.165, 1.54) is 12.1 Å². The van der Waals surface area contributed by atoms with Crippen molar-refractivity contribution in [1.82, 2.24) is 9.62 Å². The smallest absolute Gasteiger partial charge is 0.240 e. The second-order valence-corrected chi connectivity index (χ2v) is 9.70. The number of sulfonamides is 1. The maximum absolute atomic E-state index is 13.4. The molecule has 1 aliphatic heterocycles. The van der Waals surface area contributed by atoms with Crippen molar-refractivity contribution in [3.8, 4) is 11.5 Å². The number of halogens is 1. The standard InChI is InChI=1S/C25H27FN2O4S/c1-31-24-14-19-12-13-28(17-18-8-10-20(26)11-9-18)23(22(19)15-25(24)32-2)16-27-33(29,30)21-6-4-3-5-7-21/h3-11,14-15,23,27H,12-13,16-17H2,1-2H3. The first-order chi connectivity index (χ1) is 15.9. The molecule has 1 atom stereocenters. The summed E-state index contributed by atoms with van der Waals surface area (Å²) < 4.78 is 52.9. The molecule has 3 aromatic carbocycles. The number of nitrogens with zero attached hydrogens (tertiary/aromatic N) is 1. The second-order valence-electron chi connectivity index (χ2n) is 7.93. The van der Waals surface area contributed by atoms with Gasteiger partial charge in [-0.25, -0.2) is 17.5 Å². The molecule has 1 aliphatic rings. The summed E-state index contributed by atoms with van der Waals surface area (Å²) in [5.74, 6) is 0.953. The van der Waals surface area contributed by atoms with Gasteiger partial charge in [-0.1, -0.05) is 30.3 Å². The zero-order valence-electron chi connectivity index (χ0n) is 18.6. The third-order valence-electron chi connectivity index (χ3n) is 5.93. The Morgan fingerprint density at radius 2 is 1.67 bits per heavy atom. The summed E-state index contributed by atoms with van der Waals surface area (Å²) >= 11 is 0. The number of methoxy groups -OCH3 is 2. The molecule has 33 heavy (non-hydrogen) atoms. The molecular weight excluding hydrogens is 443 g/mol. The maximum Gasteiger partial charge on any atom is 0.240 e. The lowest BCUT2D eigenvalue weighted by Gasteiger charge is -2.38. The summed E-state index contributed by atoms with van der Waals surface area (Å²) in [6, 6.07) is 18.3. The van der Waals surface area contributed by atoms with Crippen molar-refractivity contribution in [3.63, 3.8) is 0 Å². The van der Waals surface area contributed by atoms with Crippen LogP contribution in [-0.2, 0) is 23.0 Å². The Balaban J connectivity index is 1.66. The molecule has 4 rings (SSSR count). The second kappa shape index (κ2) is 9.91. The minimum atomic E-state index is -3.67. The maximum atomic E-state index is 13.4. The SMILES string of the molecule is COc1cc2c(cc1OC)C(CNS(=O)(=O)c1ccccc1)N(Cc1ccc(F)cc1)CC2. The molecular formula is C25H27FN2O4S. The summed E-state index contributed by atoms with van der Waals surface area (Å²) in [7, 11) is -0.498. The van der Waals surface area contributed by atoms with Crippen molar-refractivity contribution < 1.29 is 22.3 Å². The summed E-state index contributed by atoms with van der Waals surface area (Å²) in [4.78, 5) is 2.42. The van der Waals surface area contributed by atoms with Crippen LogP contribution in [0.4, 0.5) is 4.39 Å². The number of hydrogen-bond acceptors (Lipinski definition) is 5. The van der Waals surface area contributed by atoms with Crippen LogP contribution in [0.3, 0.4) is 0 Å². The van der Waals surface area contributed by atoms with E-state index in [9.17, 15) is 12.8 Å². The van der Waals surface area contributed by atoms with Crippen molar-refractivity contribution in [3.05, 3.63) is 89.2 Å². The summed E-state index contributed by atoms with van der Waals surface area (Å²) in [6.45, 7) is 1.46. The number of nitrogens with one attached hydrogen (secondary N) is 1. The zero-order chi connectivity index (χ0) is 23.4. The van der Waals surface area contributed by atoms with Gasteiger partial charge in [-0.05, 0) is 59.5 Å². The fourth-order valence-electron chi connectivity index (χ4n) is 4.20. The molecule has 1 heterocycles. The number of rotatable bonds is 8. The van der Waals surface area contributed by atoms with Gasteiger partial charge in [-0.3, -0.25) is 4.90 Å². The van der Waals surface area contributed by atoms with Crippen LogP contribution in [-0.4, -0.2) is 40.6 Å². The van der Waals surface area contributed by atoms with Crippen LogP contribution in [0, 0.1) is 5.82 Å². The van der Waals surface area contributed by atoms with Crippen LogP contribution in [0.1, 0.15) is 22.7 Å². The normalized spacial score (nSPS) is 16.3. The molecule has 6 nitrogen and oxygen atoms in total. The van der Waals surface area contributed by atoms with Crippen molar-refractivity contribution in [2.24, 2.45) is 0 Å².